The molecule has 4 aliphatic rings. The molecular weight excluding hydrogens is 656 g/mol. The number of allylic oxidation sites excluding steroid dienone is 2. The van der Waals surface area contributed by atoms with Crippen LogP contribution < -0.4 is 0 Å². The highest BCUT2D eigenvalue weighted by Gasteiger charge is 2.82. The summed E-state index contributed by atoms with van der Waals surface area (Å²) in [5, 5.41) is 0. The zero-order chi connectivity index (χ0) is 36.9. The molecule has 0 unspecified atom stereocenters. The van der Waals surface area contributed by atoms with Gasteiger partial charge in [0.05, 0.1) is 29.1 Å². The molecule has 2 aromatic carbocycles. The average Bonchev–Trinajstić information content (AvgIpc) is 3.52. The van der Waals surface area contributed by atoms with E-state index in [4.69, 9.17) is 28.4 Å². The summed E-state index contributed by atoms with van der Waals surface area (Å²) in [4.78, 5) is 67.2. The summed E-state index contributed by atoms with van der Waals surface area (Å²) in [5.74, 6) is -6.08. The van der Waals surface area contributed by atoms with Gasteiger partial charge in [0.2, 0.25) is 0 Å². The first-order chi connectivity index (χ1) is 24.2. The number of ether oxygens (including phenoxy) is 6. The van der Waals surface area contributed by atoms with Gasteiger partial charge in [-0.15, -0.1) is 0 Å². The summed E-state index contributed by atoms with van der Waals surface area (Å²) in [6, 6.07) is 16.9. The van der Waals surface area contributed by atoms with Crippen LogP contribution in [-0.4, -0.2) is 72.1 Å². The molecule has 2 bridgehead atoms. The molecule has 0 aromatic heterocycles. The average molecular weight is 701 g/mol. The number of carbonyl (C=O) groups is 5. The lowest BCUT2D eigenvalue weighted by molar-refractivity contribution is -0.238. The lowest BCUT2D eigenvalue weighted by atomic mass is 9.55. The molecule has 2 aromatic rings. The van der Waals surface area contributed by atoms with Crippen LogP contribution in [0.25, 0.3) is 0 Å². The van der Waals surface area contributed by atoms with Gasteiger partial charge in [0.25, 0.3) is 0 Å². The van der Waals surface area contributed by atoms with Gasteiger partial charge in [-0.05, 0) is 56.5 Å². The zero-order valence-corrected chi connectivity index (χ0v) is 29.7. The maximum Gasteiger partial charge on any atom is 0.338 e. The Bertz CT molecular complexity index is 1750. The normalized spacial score (nSPS) is 36.0. The Labute approximate surface area is 297 Å². The monoisotopic (exact) mass is 700 g/mol. The van der Waals surface area contributed by atoms with Gasteiger partial charge < -0.3 is 28.4 Å². The summed E-state index contributed by atoms with van der Waals surface area (Å²) in [6.07, 6.45) is -0.941. The second kappa shape index (κ2) is 13.4. The summed E-state index contributed by atoms with van der Waals surface area (Å²) in [6.45, 7) is 13.4. The molecule has 0 amide bonds. The highest BCUT2D eigenvalue weighted by molar-refractivity contribution is 5.90. The van der Waals surface area contributed by atoms with Crippen molar-refractivity contribution < 1.29 is 52.4 Å². The van der Waals surface area contributed by atoms with Crippen molar-refractivity contribution in [3.8, 4) is 0 Å². The summed E-state index contributed by atoms with van der Waals surface area (Å²) in [5.41, 5.74) is -3.32. The van der Waals surface area contributed by atoms with E-state index in [1.54, 1.807) is 73.7 Å². The number of benzene rings is 2. The van der Waals surface area contributed by atoms with E-state index in [-0.39, 0.29) is 18.6 Å². The highest BCUT2D eigenvalue weighted by Crippen LogP contribution is 2.68. The quantitative estimate of drug-likeness (QED) is 0.198. The Hall–Kier alpha value is -4.77. The molecule has 11 nitrogen and oxygen atoms in total. The number of rotatable bonds is 8. The van der Waals surface area contributed by atoms with E-state index in [9.17, 15) is 24.0 Å². The zero-order valence-electron chi connectivity index (χ0n) is 29.7. The first-order valence-corrected chi connectivity index (χ1v) is 17.2. The number of esters is 5. The fourth-order valence-electron chi connectivity index (χ4n) is 9.53. The predicted molar refractivity (Wildman–Crippen MR) is 182 cm³/mol. The van der Waals surface area contributed by atoms with Crippen LogP contribution in [0.15, 0.2) is 85.0 Å². The van der Waals surface area contributed by atoms with Crippen molar-refractivity contribution in [3.05, 3.63) is 96.1 Å². The van der Waals surface area contributed by atoms with Gasteiger partial charge in [0, 0.05) is 32.6 Å². The Morgan fingerprint density at radius 1 is 0.765 bits per heavy atom. The summed E-state index contributed by atoms with van der Waals surface area (Å²) in [7, 11) is 0. The third kappa shape index (κ3) is 5.95. The van der Waals surface area contributed by atoms with Crippen LogP contribution in [0, 0.1) is 29.1 Å². The smallest absolute Gasteiger partial charge is 0.338 e. The van der Waals surface area contributed by atoms with Gasteiger partial charge in [0.1, 0.15) is 23.9 Å². The first kappa shape index (κ1) is 36.0. The minimum atomic E-state index is -1.75. The van der Waals surface area contributed by atoms with Crippen LogP contribution in [0.3, 0.4) is 0 Å². The molecule has 6 rings (SSSR count). The number of carbonyl (C=O) groups excluding carboxylic acids is 5. The first-order valence-electron chi connectivity index (χ1n) is 17.2. The van der Waals surface area contributed by atoms with E-state index in [0.717, 1.165) is 5.57 Å². The second-order valence-electron chi connectivity index (χ2n) is 14.5. The minimum Gasteiger partial charge on any atom is -0.462 e. The van der Waals surface area contributed by atoms with Crippen LogP contribution in [0.1, 0.15) is 68.7 Å². The molecule has 0 radical (unpaired) electrons. The number of hydrogen-bond acceptors (Lipinski definition) is 11. The topological polar surface area (TPSA) is 141 Å². The van der Waals surface area contributed by atoms with Crippen molar-refractivity contribution >= 4 is 29.8 Å². The van der Waals surface area contributed by atoms with Crippen LogP contribution in [0.5, 0.6) is 0 Å². The Balaban J connectivity index is 1.66. The molecule has 3 fully saturated rings. The lowest BCUT2D eigenvalue weighted by Crippen LogP contribution is -2.64. The van der Waals surface area contributed by atoms with Gasteiger partial charge >= 0.3 is 29.8 Å². The van der Waals surface area contributed by atoms with E-state index < -0.39 is 94.6 Å². The molecule has 1 aliphatic heterocycles. The Morgan fingerprint density at radius 3 is 1.86 bits per heavy atom. The standard InChI is InChI=1S/C40H44O11/c1-22(2)29-18-19-30(49-35(44)27-14-10-8-11-15-27)39-21-46-38(7,33(29)39)37(50-36(45)28-16-12-9-13-17-28)40(51-26(6)43)20-23(3)32(47-24(4)41)31(40)34(39)48-25(5)42/h8-19,23,29-34,37H,1,20-21H2,2-7H3/t23-,29+,30+,31+,32-,33-,34+,37-,38+,39+,40+/m0/s1. The molecule has 1 heterocycles. The molecule has 1 saturated heterocycles. The molecule has 0 N–H and O–H groups in total. The third-order valence-electron chi connectivity index (χ3n) is 11.1. The van der Waals surface area contributed by atoms with Gasteiger partial charge in [-0.1, -0.05) is 61.5 Å². The molecule has 270 valence electrons. The largest absolute Gasteiger partial charge is 0.462 e. The summed E-state index contributed by atoms with van der Waals surface area (Å²) >= 11 is 0. The van der Waals surface area contributed by atoms with Gasteiger partial charge in [-0.25, -0.2) is 9.59 Å². The van der Waals surface area contributed by atoms with Crippen LogP contribution in [-0.2, 0) is 42.8 Å². The second-order valence-corrected chi connectivity index (χ2v) is 14.5. The van der Waals surface area contributed by atoms with Gasteiger partial charge in [0.15, 0.2) is 11.7 Å². The molecule has 2 saturated carbocycles. The van der Waals surface area contributed by atoms with E-state index in [1.807, 2.05) is 19.9 Å². The van der Waals surface area contributed by atoms with E-state index in [0.29, 0.717) is 5.56 Å². The van der Waals surface area contributed by atoms with Gasteiger partial charge in [-0.3, -0.25) is 14.4 Å². The maximum absolute atomic E-state index is 14.1. The van der Waals surface area contributed by atoms with E-state index in [1.165, 1.54) is 20.8 Å². The van der Waals surface area contributed by atoms with Gasteiger partial charge in [-0.2, -0.15) is 0 Å². The van der Waals surface area contributed by atoms with Crippen LogP contribution in [0.2, 0.25) is 0 Å². The van der Waals surface area contributed by atoms with Crippen molar-refractivity contribution in [2.45, 2.75) is 83.6 Å². The molecule has 0 spiro atoms. The molecular formula is C40H44O11. The lowest BCUT2D eigenvalue weighted by Gasteiger charge is -2.51. The van der Waals surface area contributed by atoms with Crippen molar-refractivity contribution in [1.82, 2.24) is 0 Å². The number of hydrogen-bond donors (Lipinski definition) is 0. The SMILES string of the molecule is C=C(C)[C@H]1C=C[C@@H](OC(=O)c2ccccc2)[C@@]23CO[C@@](C)([C@H](OC(=O)c4ccccc4)[C@@]4(OC(C)=O)C[C@H](C)[C@H](OC(C)=O)[C@@H]4[C@H]2OC(C)=O)[C@H]13. The van der Waals surface area contributed by atoms with Crippen LogP contribution >= 0.6 is 0 Å². The van der Waals surface area contributed by atoms with Crippen molar-refractivity contribution in [1.29, 1.82) is 0 Å². The van der Waals surface area contributed by atoms with Crippen LogP contribution in [0.4, 0.5) is 0 Å². The molecule has 11 atom stereocenters. The highest BCUT2D eigenvalue weighted by atomic mass is 16.6. The molecule has 51 heavy (non-hydrogen) atoms. The Morgan fingerprint density at radius 2 is 1.33 bits per heavy atom. The predicted octanol–water partition coefficient (Wildman–Crippen LogP) is 5.43. The molecule has 3 aliphatic carbocycles. The Kier molecular flexibility index (Phi) is 9.48. The van der Waals surface area contributed by atoms with Crippen molar-refractivity contribution in [2.75, 3.05) is 6.61 Å². The maximum atomic E-state index is 14.1. The third-order valence-corrected chi connectivity index (χ3v) is 11.1. The fourth-order valence-corrected chi connectivity index (χ4v) is 9.53. The van der Waals surface area contributed by atoms with E-state index >= 15 is 0 Å². The number of fused-ring (bicyclic) bond motifs is 1. The minimum absolute atomic E-state index is 0.0566. The van der Waals surface area contributed by atoms with Crippen molar-refractivity contribution in [3.63, 3.8) is 0 Å². The molecule has 11 heteroatoms. The van der Waals surface area contributed by atoms with E-state index in [2.05, 4.69) is 6.58 Å². The summed E-state index contributed by atoms with van der Waals surface area (Å²) < 4.78 is 38.6. The fraction of sp³-hybridized carbons (Fsp3) is 0.475. The van der Waals surface area contributed by atoms with Crippen molar-refractivity contribution in [2.24, 2.45) is 29.1 Å².